The summed E-state index contributed by atoms with van der Waals surface area (Å²) in [5.41, 5.74) is 4.09. The molecular formula is C20H20N2O3. The van der Waals surface area contributed by atoms with Gasteiger partial charge in [-0.05, 0) is 61.6 Å². The fourth-order valence-electron chi connectivity index (χ4n) is 3.52. The molecule has 2 aromatic rings. The highest BCUT2D eigenvalue weighted by Gasteiger charge is 2.32. The van der Waals surface area contributed by atoms with Gasteiger partial charge in [-0.1, -0.05) is 18.2 Å². The molecule has 1 atom stereocenters. The van der Waals surface area contributed by atoms with Crippen molar-refractivity contribution in [2.75, 3.05) is 16.8 Å². The Morgan fingerprint density at radius 2 is 2.00 bits per heavy atom. The molecule has 0 unspecified atom stereocenters. The van der Waals surface area contributed by atoms with Crippen molar-refractivity contribution in [3.63, 3.8) is 0 Å². The van der Waals surface area contributed by atoms with E-state index in [2.05, 4.69) is 11.4 Å². The zero-order chi connectivity index (χ0) is 17.4. The average molecular weight is 336 g/mol. The first-order valence-electron chi connectivity index (χ1n) is 8.60. The van der Waals surface area contributed by atoms with Crippen LogP contribution in [0.4, 0.5) is 11.4 Å². The number of ether oxygens (including phenoxy) is 1. The lowest BCUT2D eigenvalue weighted by Crippen LogP contribution is -2.47. The van der Waals surface area contributed by atoms with Crippen molar-refractivity contribution < 1.29 is 14.3 Å². The molecule has 0 radical (unpaired) electrons. The Morgan fingerprint density at radius 1 is 1.20 bits per heavy atom. The maximum absolute atomic E-state index is 12.5. The maximum Gasteiger partial charge on any atom is 0.268 e. The zero-order valence-electron chi connectivity index (χ0n) is 14.1. The van der Waals surface area contributed by atoms with E-state index < -0.39 is 6.10 Å². The van der Waals surface area contributed by atoms with E-state index in [1.807, 2.05) is 30.3 Å². The number of hydrogen-bond donors (Lipinski definition) is 1. The number of rotatable bonds is 3. The summed E-state index contributed by atoms with van der Waals surface area (Å²) < 4.78 is 5.60. The Balaban J connectivity index is 1.51. The van der Waals surface area contributed by atoms with Gasteiger partial charge in [0.1, 0.15) is 12.3 Å². The number of para-hydroxylation sites is 2. The van der Waals surface area contributed by atoms with Crippen molar-refractivity contribution in [1.82, 2.24) is 0 Å². The monoisotopic (exact) mass is 336 g/mol. The number of hydrogen-bond acceptors (Lipinski definition) is 3. The Kier molecular flexibility index (Phi) is 3.92. The fourth-order valence-corrected chi connectivity index (χ4v) is 3.52. The summed E-state index contributed by atoms with van der Waals surface area (Å²) in [4.78, 5) is 26.4. The Bertz CT molecular complexity index is 847. The molecule has 2 amide bonds. The van der Waals surface area contributed by atoms with Gasteiger partial charge in [0.25, 0.3) is 5.91 Å². The number of aryl methyl sites for hydroxylation is 2. The van der Waals surface area contributed by atoms with Gasteiger partial charge in [-0.15, -0.1) is 0 Å². The minimum absolute atomic E-state index is 0.0272. The van der Waals surface area contributed by atoms with Crippen molar-refractivity contribution in [3.05, 3.63) is 53.6 Å². The smallest absolute Gasteiger partial charge is 0.268 e. The van der Waals surface area contributed by atoms with Crippen LogP contribution < -0.4 is 15.0 Å². The molecule has 4 rings (SSSR count). The van der Waals surface area contributed by atoms with E-state index in [1.54, 1.807) is 13.0 Å². The number of nitrogens with zero attached hydrogens (tertiary/aromatic N) is 1. The molecule has 0 fully saturated rings. The van der Waals surface area contributed by atoms with Crippen molar-refractivity contribution in [2.45, 2.75) is 32.3 Å². The fraction of sp³-hybridized carbons (Fsp3) is 0.300. The number of amides is 2. The molecule has 5 heteroatoms. The molecule has 128 valence electrons. The summed E-state index contributed by atoms with van der Waals surface area (Å²) >= 11 is 0. The minimum Gasteiger partial charge on any atom is -0.479 e. The lowest BCUT2D eigenvalue weighted by atomic mass is 10.1. The van der Waals surface area contributed by atoms with Gasteiger partial charge < -0.3 is 10.1 Å². The largest absolute Gasteiger partial charge is 0.479 e. The van der Waals surface area contributed by atoms with Crippen LogP contribution in [0.15, 0.2) is 42.5 Å². The van der Waals surface area contributed by atoms with E-state index in [0.717, 1.165) is 18.5 Å². The van der Waals surface area contributed by atoms with Gasteiger partial charge in [0.05, 0.1) is 5.69 Å². The summed E-state index contributed by atoms with van der Waals surface area (Å²) in [6, 6.07) is 13.3. The molecule has 0 saturated heterocycles. The molecule has 0 saturated carbocycles. The molecule has 5 nitrogen and oxygen atoms in total. The Morgan fingerprint density at radius 3 is 2.88 bits per heavy atom. The standard InChI is InChI=1S/C20H20N2O3/c1-13-20(24)22(17-7-2-3-8-18(17)25-13)12-19(23)21-16-10-9-14-5-4-6-15(14)11-16/h2-3,7-11,13H,4-6,12H2,1H3,(H,21,23)/t13-/m1/s1. The molecule has 0 spiro atoms. The third kappa shape index (κ3) is 2.97. The number of fused-ring (bicyclic) bond motifs is 2. The van der Waals surface area contributed by atoms with E-state index in [9.17, 15) is 9.59 Å². The van der Waals surface area contributed by atoms with Crippen molar-refractivity contribution in [3.8, 4) is 5.75 Å². The summed E-state index contributed by atoms with van der Waals surface area (Å²) in [6.07, 6.45) is 2.75. The van der Waals surface area contributed by atoms with Gasteiger partial charge in [-0.2, -0.15) is 0 Å². The van der Waals surface area contributed by atoms with Gasteiger partial charge in [0.2, 0.25) is 5.91 Å². The number of nitrogens with one attached hydrogen (secondary N) is 1. The van der Waals surface area contributed by atoms with E-state index >= 15 is 0 Å². The summed E-state index contributed by atoms with van der Waals surface area (Å²) in [5.74, 6) is 0.206. The van der Waals surface area contributed by atoms with Crippen molar-refractivity contribution in [1.29, 1.82) is 0 Å². The molecule has 0 bridgehead atoms. The predicted octanol–water partition coefficient (Wildman–Crippen LogP) is 2.93. The summed E-state index contributed by atoms with van der Waals surface area (Å²) in [6.45, 7) is 1.67. The van der Waals surface area contributed by atoms with Crippen LogP contribution >= 0.6 is 0 Å². The van der Waals surface area contributed by atoms with E-state index in [1.165, 1.54) is 22.4 Å². The average Bonchev–Trinajstić information content (AvgIpc) is 3.06. The topological polar surface area (TPSA) is 58.6 Å². The summed E-state index contributed by atoms with van der Waals surface area (Å²) in [5, 5.41) is 2.91. The maximum atomic E-state index is 12.5. The first kappa shape index (κ1) is 15.7. The number of carbonyl (C=O) groups excluding carboxylic acids is 2. The van der Waals surface area contributed by atoms with Crippen LogP contribution in [0.1, 0.15) is 24.5 Å². The Labute approximate surface area is 146 Å². The van der Waals surface area contributed by atoms with E-state index in [0.29, 0.717) is 11.4 Å². The van der Waals surface area contributed by atoms with Crippen molar-refractivity contribution in [2.24, 2.45) is 0 Å². The van der Waals surface area contributed by atoms with Crippen LogP contribution in [0, 0.1) is 0 Å². The molecule has 2 aliphatic rings. The molecular weight excluding hydrogens is 316 g/mol. The SMILES string of the molecule is C[C@H]1Oc2ccccc2N(CC(=O)Nc2ccc3c(c2)CCC3)C1=O. The number of benzene rings is 2. The third-order valence-corrected chi connectivity index (χ3v) is 4.76. The van der Waals surface area contributed by atoms with Gasteiger partial charge >= 0.3 is 0 Å². The second-order valence-corrected chi connectivity index (χ2v) is 6.54. The van der Waals surface area contributed by atoms with Crippen LogP contribution in [-0.2, 0) is 22.4 Å². The van der Waals surface area contributed by atoms with Gasteiger partial charge in [0.15, 0.2) is 6.10 Å². The van der Waals surface area contributed by atoms with Gasteiger partial charge in [-0.3, -0.25) is 14.5 Å². The van der Waals surface area contributed by atoms with Crippen LogP contribution in [0.25, 0.3) is 0 Å². The second kappa shape index (κ2) is 6.24. The molecule has 1 aliphatic carbocycles. The van der Waals surface area contributed by atoms with Crippen LogP contribution in [-0.4, -0.2) is 24.5 Å². The van der Waals surface area contributed by atoms with Crippen LogP contribution in [0.5, 0.6) is 5.75 Å². The van der Waals surface area contributed by atoms with E-state index in [-0.39, 0.29) is 18.4 Å². The van der Waals surface area contributed by atoms with E-state index in [4.69, 9.17) is 4.74 Å². The third-order valence-electron chi connectivity index (χ3n) is 4.76. The second-order valence-electron chi connectivity index (χ2n) is 6.54. The Hall–Kier alpha value is -2.82. The number of anilines is 2. The van der Waals surface area contributed by atoms with Gasteiger partial charge in [-0.25, -0.2) is 0 Å². The first-order chi connectivity index (χ1) is 12.1. The van der Waals surface area contributed by atoms with Crippen LogP contribution in [0.3, 0.4) is 0 Å². The molecule has 25 heavy (non-hydrogen) atoms. The highest BCUT2D eigenvalue weighted by molar-refractivity contribution is 6.06. The molecule has 1 N–H and O–H groups in total. The lowest BCUT2D eigenvalue weighted by molar-refractivity contribution is -0.127. The van der Waals surface area contributed by atoms with Gasteiger partial charge in [0, 0.05) is 5.69 Å². The lowest BCUT2D eigenvalue weighted by Gasteiger charge is -2.32. The summed E-state index contributed by atoms with van der Waals surface area (Å²) in [7, 11) is 0. The minimum atomic E-state index is -0.595. The van der Waals surface area contributed by atoms with Crippen LogP contribution in [0.2, 0.25) is 0 Å². The molecule has 0 aromatic heterocycles. The molecule has 1 heterocycles. The van der Waals surface area contributed by atoms with Crippen molar-refractivity contribution >= 4 is 23.2 Å². The molecule has 1 aliphatic heterocycles. The predicted molar refractivity (Wildman–Crippen MR) is 96.0 cm³/mol. The zero-order valence-corrected chi connectivity index (χ0v) is 14.1. The first-order valence-corrected chi connectivity index (χ1v) is 8.60. The highest BCUT2D eigenvalue weighted by atomic mass is 16.5. The number of carbonyl (C=O) groups is 2. The normalized spacial score (nSPS) is 18.4. The highest BCUT2D eigenvalue weighted by Crippen LogP contribution is 2.33. The molecule has 2 aromatic carbocycles. The quantitative estimate of drug-likeness (QED) is 0.937.